The molecule has 1 unspecified atom stereocenters. The van der Waals surface area contributed by atoms with E-state index in [0.717, 1.165) is 11.3 Å². The van der Waals surface area contributed by atoms with Gasteiger partial charge in [-0.2, -0.15) is 0 Å². The molecule has 1 N–H and O–H groups in total. The van der Waals surface area contributed by atoms with Crippen molar-refractivity contribution in [1.82, 2.24) is 5.06 Å². The second kappa shape index (κ2) is 7.07. The van der Waals surface area contributed by atoms with Gasteiger partial charge in [-0.15, -0.1) is 11.3 Å². The highest BCUT2D eigenvalue weighted by Gasteiger charge is 2.10. The van der Waals surface area contributed by atoms with Crippen molar-refractivity contribution < 1.29 is 10.0 Å². The minimum absolute atomic E-state index is 0.409. The van der Waals surface area contributed by atoms with Gasteiger partial charge < -0.3 is 0 Å². The van der Waals surface area contributed by atoms with Crippen LogP contribution in [0.4, 0.5) is 0 Å². The Morgan fingerprint density at radius 1 is 1.29 bits per heavy atom. The molecule has 1 aromatic heterocycles. The highest BCUT2D eigenvalue weighted by Crippen LogP contribution is 2.19. The van der Waals surface area contributed by atoms with Crippen molar-refractivity contribution in [2.45, 2.75) is 26.3 Å². The third-order valence-electron chi connectivity index (χ3n) is 2.98. The van der Waals surface area contributed by atoms with Crippen LogP contribution in [0.2, 0.25) is 0 Å². The van der Waals surface area contributed by atoms with E-state index in [4.69, 9.17) is 0 Å². The summed E-state index contributed by atoms with van der Waals surface area (Å²) >= 11 is 1.63. The lowest BCUT2D eigenvalue weighted by atomic mass is 10.1. The van der Waals surface area contributed by atoms with Gasteiger partial charge >= 0.3 is 0 Å². The SMILES string of the molecule is CC(=O)N(O)C(C)C#Cc1ccc(Cc2ccccc2)s1. The molecule has 21 heavy (non-hydrogen) atoms. The predicted molar refractivity (Wildman–Crippen MR) is 84.2 cm³/mol. The van der Waals surface area contributed by atoms with Crippen LogP contribution in [-0.2, 0) is 11.2 Å². The Labute approximate surface area is 128 Å². The van der Waals surface area contributed by atoms with E-state index in [1.165, 1.54) is 17.4 Å². The molecule has 0 saturated heterocycles. The number of hydrogen-bond acceptors (Lipinski definition) is 3. The number of hydrogen-bond donors (Lipinski definition) is 1. The predicted octanol–water partition coefficient (Wildman–Crippen LogP) is 3.32. The van der Waals surface area contributed by atoms with Crippen LogP contribution in [0, 0.1) is 11.8 Å². The van der Waals surface area contributed by atoms with Gasteiger partial charge in [-0.25, -0.2) is 5.06 Å². The van der Waals surface area contributed by atoms with E-state index in [0.29, 0.717) is 5.06 Å². The van der Waals surface area contributed by atoms with E-state index < -0.39 is 11.9 Å². The van der Waals surface area contributed by atoms with Gasteiger partial charge in [0.2, 0.25) is 5.91 Å². The molecule has 0 spiro atoms. The largest absolute Gasteiger partial charge is 0.285 e. The van der Waals surface area contributed by atoms with Crippen LogP contribution in [0.3, 0.4) is 0 Å². The number of benzene rings is 1. The van der Waals surface area contributed by atoms with Gasteiger partial charge in [0.25, 0.3) is 0 Å². The van der Waals surface area contributed by atoms with Crippen LogP contribution in [0.1, 0.15) is 29.2 Å². The molecule has 0 bridgehead atoms. The maximum absolute atomic E-state index is 11.0. The first-order chi connectivity index (χ1) is 10.1. The fourth-order valence-electron chi connectivity index (χ4n) is 1.85. The summed E-state index contributed by atoms with van der Waals surface area (Å²) in [4.78, 5) is 13.2. The molecule has 0 radical (unpaired) electrons. The Bertz CT molecular complexity index is 667. The zero-order chi connectivity index (χ0) is 15.2. The fraction of sp³-hybridized carbons (Fsp3) is 0.235. The molecule has 1 aromatic carbocycles. The summed E-state index contributed by atoms with van der Waals surface area (Å²) in [6.07, 6.45) is 0.891. The number of amides is 1. The normalized spacial score (nSPS) is 11.4. The van der Waals surface area contributed by atoms with Gasteiger partial charge in [-0.1, -0.05) is 42.2 Å². The first kappa shape index (κ1) is 15.3. The number of carbonyl (C=O) groups excluding carboxylic acids is 1. The molecule has 4 heteroatoms. The number of rotatable bonds is 3. The van der Waals surface area contributed by atoms with Crippen molar-refractivity contribution in [2.75, 3.05) is 0 Å². The number of thiophene rings is 1. The topological polar surface area (TPSA) is 40.5 Å². The molecule has 0 aliphatic carbocycles. The molecular formula is C17H17NO2S. The van der Waals surface area contributed by atoms with Crippen LogP contribution in [-0.4, -0.2) is 22.2 Å². The number of carbonyl (C=O) groups is 1. The van der Waals surface area contributed by atoms with Crippen molar-refractivity contribution >= 4 is 17.2 Å². The lowest BCUT2D eigenvalue weighted by molar-refractivity contribution is -0.166. The summed E-state index contributed by atoms with van der Waals surface area (Å²) < 4.78 is 0. The van der Waals surface area contributed by atoms with Gasteiger partial charge in [0.15, 0.2) is 0 Å². The van der Waals surface area contributed by atoms with E-state index in [1.54, 1.807) is 18.3 Å². The van der Waals surface area contributed by atoms with Gasteiger partial charge in [-0.3, -0.25) is 10.0 Å². The van der Waals surface area contributed by atoms with Crippen molar-refractivity contribution in [3.8, 4) is 11.8 Å². The summed E-state index contributed by atoms with van der Waals surface area (Å²) in [6, 6.07) is 13.8. The first-order valence-electron chi connectivity index (χ1n) is 6.69. The Morgan fingerprint density at radius 2 is 2.00 bits per heavy atom. The maximum Gasteiger partial charge on any atom is 0.243 e. The van der Waals surface area contributed by atoms with E-state index in [2.05, 4.69) is 30.0 Å². The highest BCUT2D eigenvalue weighted by atomic mass is 32.1. The number of nitrogens with zero attached hydrogens (tertiary/aromatic N) is 1. The van der Waals surface area contributed by atoms with Gasteiger partial charge in [0.05, 0.1) is 4.88 Å². The van der Waals surface area contributed by atoms with Crippen molar-refractivity contribution in [3.63, 3.8) is 0 Å². The number of hydroxylamine groups is 2. The Balaban J connectivity index is 2.02. The molecule has 0 fully saturated rings. The van der Waals surface area contributed by atoms with E-state index in [9.17, 15) is 10.0 Å². The summed E-state index contributed by atoms with van der Waals surface area (Å²) in [6.45, 7) is 2.99. The lowest BCUT2D eigenvalue weighted by Gasteiger charge is -2.15. The molecule has 0 aliphatic rings. The van der Waals surface area contributed by atoms with Crippen LogP contribution in [0.15, 0.2) is 42.5 Å². The fourth-order valence-corrected chi connectivity index (χ4v) is 2.75. The maximum atomic E-state index is 11.0. The molecular weight excluding hydrogens is 282 g/mol. The van der Waals surface area contributed by atoms with E-state index in [-0.39, 0.29) is 0 Å². The van der Waals surface area contributed by atoms with Crippen molar-refractivity contribution in [3.05, 3.63) is 57.8 Å². The Hall–Kier alpha value is -2.09. The molecule has 3 nitrogen and oxygen atoms in total. The smallest absolute Gasteiger partial charge is 0.243 e. The van der Waals surface area contributed by atoms with Crippen LogP contribution in [0.25, 0.3) is 0 Å². The highest BCUT2D eigenvalue weighted by molar-refractivity contribution is 7.12. The van der Waals surface area contributed by atoms with Crippen LogP contribution >= 0.6 is 11.3 Å². The quantitative estimate of drug-likeness (QED) is 0.536. The average molecular weight is 299 g/mol. The Morgan fingerprint density at radius 3 is 2.67 bits per heavy atom. The minimum atomic E-state index is -0.512. The summed E-state index contributed by atoms with van der Waals surface area (Å²) in [5.41, 5.74) is 1.27. The Kier molecular flexibility index (Phi) is 5.15. The second-order valence-electron chi connectivity index (χ2n) is 4.74. The van der Waals surface area contributed by atoms with E-state index in [1.807, 2.05) is 24.3 Å². The van der Waals surface area contributed by atoms with Gasteiger partial charge in [-0.05, 0) is 24.6 Å². The molecule has 108 valence electrons. The first-order valence-corrected chi connectivity index (χ1v) is 7.51. The summed E-state index contributed by atoms with van der Waals surface area (Å²) in [5.74, 6) is 5.46. The van der Waals surface area contributed by atoms with Gasteiger partial charge in [0.1, 0.15) is 6.04 Å². The van der Waals surface area contributed by atoms with E-state index >= 15 is 0 Å². The molecule has 1 atom stereocenters. The lowest BCUT2D eigenvalue weighted by Crippen LogP contribution is -2.32. The zero-order valence-electron chi connectivity index (χ0n) is 12.0. The second-order valence-corrected chi connectivity index (χ2v) is 5.91. The van der Waals surface area contributed by atoms with Crippen molar-refractivity contribution in [1.29, 1.82) is 0 Å². The third-order valence-corrected chi connectivity index (χ3v) is 3.98. The molecule has 2 aromatic rings. The molecule has 1 heterocycles. The molecule has 0 saturated carbocycles. The molecule has 2 rings (SSSR count). The van der Waals surface area contributed by atoms with Crippen LogP contribution < -0.4 is 0 Å². The van der Waals surface area contributed by atoms with Crippen molar-refractivity contribution in [2.24, 2.45) is 0 Å². The zero-order valence-corrected chi connectivity index (χ0v) is 12.9. The molecule has 1 amide bonds. The standard InChI is InChI=1S/C17H17NO2S/c1-13(18(20)14(2)19)8-9-16-10-11-17(21-16)12-15-6-4-3-5-7-15/h3-7,10-11,13,20H,12H2,1-2H3. The monoisotopic (exact) mass is 299 g/mol. The third kappa shape index (κ3) is 4.45. The average Bonchev–Trinajstić information content (AvgIpc) is 2.92. The van der Waals surface area contributed by atoms with Gasteiger partial charge in [0, 0.05) is 18.2 Å². The molecule has 0 aliphatic heterocycles. The summed E-state index contributed by atoms with van der Waals surface area (Å²) in [7, 11) is 0. The minimum Gasteiger partial charge on any atom is -0.285 e. The summed E-state index contributed by atoms with van der Waals surface area (Å²) in [5, 5.41) is 10.1. The van der Waals surface area contributed by atoms with Crippen LogP contribution in [0.5, 0.6) is 0 Å².